The zero-order valence-electron chi connectivity index (χ0n) is 10.8. The fourth-order valence-electron chi connectivity index (χ4n) is 2.39. The quantitative estimate of drug-likeness (QED) is 0.820. The van der Waals surface area contributed by atoms with Crippen molar-refractivity contribution in [3.8, 4) is 0 Å². The second kappa shape index (κ2) is 7.02. The third-order valence-corrected chi connectivity index (χ3v) is 3.84. The highest BCUT2D eigenvalue weighted by Gasteiger charge is 2.20. The SMILES string of the molecule is COCCN1CCC(Cc2nccnc2Cl)CC1. The van der Waals surface area contributed by atoms with E-state index in [0.717, 1.165) is 38.4 Å². The molecule has 0 aromatic carbocycles. The van der Waals surface area contributed by atoms with Crippen LogP contribution in [-0.2, 0) is 11.2 Å². The molecule has 0 radical (unpaired) electrons. The maximum absolute atomic E-state index is 6.04. The number of ether oxygens (including phenoxy) is 1. The van der Waals surface area contributed by atoms with E-state index < -0.39 is 0 Å². The minimum atomic E-state index is 0.555. The summed E-state index contributed by atoms with van der Waals surface area (Å²) in [5.74, 6) is 0.679. The molecule has 0 unspecified atom stereocenters. The van der Waals surface area contributed by atoms with Crippen LogP contribution in [0.3, 0.4) is 0 Å². The Morgan fingerprint density at radius 2 is 2.06 bits per heavy atom. The topological polar surface area (TPSA) is 38.2 Å². The Labute approximate surface area is 113 Å². The molecule has 5 heteroatoms. The smallest absolute Gasteiger partial charge is 0.150 e. The van der Waals surface area contributed by atoms with Crippen molar-refractivity contribution in [3.63, 3.8) is 0 Å². The van der Waals surface area contributed by atoms with E-state index in [1.807, 2.05) is 0 Å². The van der Waals surface area contributed by atoms with Crippen molar-refractivity contribution in [2.75, 3.05) is 33.4 Å². The van der Waals surface area contributed by atoms with Crippen LogP contribution in [0.15, 0.2) is 12.4 Å². The van der Waals surface area contributed by atoms with Crippen molar-refractivity contribution < 1.29 is 4.74 Å². The van der Waals surface area contributed by atoms with Gasteiger partial charge in [-0.2, -0.15) is 0 Å². The summed E-state index contributed by atoms with van der Waals surface area (Å²) in [5, 5.41) is 0.555. The van der Waals surface area contributed by atoms with Crippen molar-refractivity contribution in [2.45, 2.75) is 19.3 Å². The highest BCUT2D eigenvalue weighted by molar-refractivity contribution is 6.29. The summed E-state index contributed by atoms with van der Waals surface area (Å²) in [7, 11) is 1.75. The van der Waals surface area contributed by atoms with Gasteiger partial charge in [-0.25, -0.2) is 4.98 Å². The van der Waals surface area contributed by atoms with Crippen LogP contribution < -0.4 is 0 Å². The maximum atomic E-state index is 6.04. The summed E-state index contributed by atoms with van der Waals surface area (Å²) in [6, 6.07) is 0. The molecule has 4 nitrogen and oxygen atoms in total. The zero-order valence-corrected chi connectivity index (χ0v) is 11.6. The van der Waals surface area contributed by atoms with Crippen LogP contribution in [0.1, 0.15) is 18.5 Å². The van der Waals surface area contributed by atoms with Gasteiger partial charge in [-0.1, -0.05) is 11.6 Å². The molecule has 0 amide bonds. The Balaban J connectivity index is 1.78. The van der Waals surface area contributed by atoms with Crippen molar-refractivity contribution in [1.29, 1.82) is 0 Å². The molecule has 0 spiro atoms. The number of aromatic nitrogens is 2. The van der Waals surface area contributed by atoms with Crippen LogP contribution in [0, 0.1) is 5.92 Å². The lowest BCUT2D eigenvalue weighted by molar-refractivity contribution is 0.120. The van der Waals surface area contributed by atoms with Crippen LogP contribution in [0.4, 0.5) is 0 Å². The van der Waals surface area contributed by atoms with Gasteiger partial charge >= 0.3 is 0 Å². The van der Waals surface area contributed by atoms with Crippen molar-refractivity contribution in [1.82, 2.24) is 14.9 Å². The Morgan fingerprint density at radius 1 is 1.33 bits per heavy atom. The van der Waals surface area contributed by atoms with Crippen molar-refractivity contribution in [2.24, 2.45) is 5.92 Å². The Hall–Kier alpha value is -0.710. The molecule has 1 aliphatic rings. The highest BCUT2D eigenvalue weighted by Crippen LogP contribution is 2.22. The Kier molecular flexibility index (Phi) is 5.35. The molecule has 0 N–H and O–H groups in total. The van der Waals surface area contributed by atoms with Crippen molar-refractivity contribution >= 4 is 11.6 Å². The molecule has 1 fully saturated rings. The first kappa shape index (κ1) is 13.7. The third-order valence-electron chi connectivity index (χ3n) is 3.52. The van der Waals surface area contributed by atoms with Gasteiger partial charge in [0.1, 0.15) is 5.15 Å². The molecule has 1 aromatic heterocycles. The summed E-state index contributed by atoms with van der Waals surface area (Å²) in [6.07, 6.45) is 6.71. The molecular formula is C13H20ClN3O. The highest BCUT2D eigenvalue weighted by atomic mass is 35.5. The lowest BCUT2D eigenvalue weighted by Crippen LogP contribution is -2.36. The fourth-order valence-corrected chi connectivity index (χ4v) is 2.58. The molecule has 0 bridgehead atoms. The molecular weight excluding hydrogens is 250 g/mol. The van der Waals surface area contributed by atoms with Crippen LogP contribution in [-0.4, -0.2) is 48.2 Å². The van der Waals surface area contributed by atoms with Crippen LogP contribution in [0.2, 0.25) is 5.15 Å². The summed E-state index contributed by atoms with van der Waals surface area (Å²) in [5.41, 5.74) is 0.939. The summed E-state index contributed by atoms with van der Waals surface area (Å²) < 4.78 is 5.11. The van der Waals surface area contributed by atoms with Gasteiger partial charge in [0.2, 0.25) is 0 Å². The van der Waals surface area contributed by atoms with Crippen LogP contribution in [0.5, 0.6) is 0 Å². The van der Waals surface area contributed by atoms with E-state index in [4.69, 9.17) is 16.3 Å². The third kappa shape index (κ3) is 3.90. The van der Waals surface area contributed by atoms with Gasteiger partial charge in [0.15, 0.2) is 0 Å². The summed E-state index contributed by atoms with van der Waals surface area (Å²) in [4.78, 5) is 10.8. The van der Waals surface area contributed by atoms with E-state index in [-0.39, 0.29) is 0 Å². The standard InChI is InChI=1S/C13H20ClN3O/c1-18-9-8-17-6-2-11(3-7-17)10-12-13(14)16-5-4-15-12/h4-5,11H,2-3,6-10H2,1H3. The number of hydrogen-bond acceptors (Lipinski definition) is 4. The Bertz CT molecular complexity index is 367. The molecule has 18 heavy (non-hydrogen) atoms. The van der Waals surface area contributed by atoms with E-state index in [9.17, 15) is 0 Å². The van der Waals surface area contributed by atoms with Gasteiger partial charge in [0, 0.05) is 26.0 Å². The lowest BCUT2D eigenvalue weighted by atomic mass is 9.92. The van der Waals surface area contributed by atoms with Crippen LogP contribution >= 0.6 is 11.6 Å². The Morgan fingerprint density at radius 3 is 2.72 bits per heavy atom. The van der Waals surface area contributed by atoms with Gasteiger partial charge in [-0.15, -0.1) is 0 Å². The largest absolute Gasteiger partial charge is 0.383 e. The first-order valence-electron chi connectivity index (χ1n) is 6.46. The summed E-state index contributed by atoms with van der Waals surface area (Å²) >= 11 is 6.04. The number of rotatable bonds is 5. The number of piperidine rings is 1. The number of nitrogens with zero attached hydrogens (tertiary/aromatic N) is 3. The number of methoxy groups -OCH3 is 1. The van der Waals surface area contributed by atoms with Gasteiger partial charge in [-0.05, 0) is 38.3 Å². The molecule has 2 rings (SSSR count). The predicted octanol–water partition coefficient (Wildman–Crippen LogP) is 2.03. The van der Waals surface area contributed by atoms with E-state index in [0.29, 0.717) is 11.1 Å². The molecule has 1 aliphatic heterocycles. The van der Waals surface area contributed by atoms with E-state index in [2.05, 4.69) is 14.9 Å². The van der Waals surface area contributed by atoms with E-state index in [1.54, 1.807) is 19.5 Å². The minimum absolute atomic E-state index is 0.555. The second-order valence-corrected chi connectivity index (χ2v) is 5.13. The van der Waals surface area contributed by atoms with Gasteiger partial charge in [0.05, 0.1) is 12.3 Å². The zero-order chi connectivity index (χ0) is 12.8. The summed E-state index contributed by atoms with van der Waals surface area (Å²) in [6.45, 7) is 4.15. The monoisotopic (exact) mass is 269 g/mol. The predicted molar refractivity (Wildman–Crippen MR) is 71.8 cm³/mol. The van der Waals surface area contributed by atoms with E-state index in [1.165, 1.54) is 12.8 Å². The average molecular weight is 270 g/mol. The van der Waals surface area contributed by atoms with Gasteiger partial charge < -0.3 is 9.64 Å². The molecule has 2 heterocycles. The van der Waals surface area contributed by atoms with Gasteiger partial charge in [0.25, 0.3) is 0 Å². The number of hydrogen-bond donors (Lipinski definition) is 0. The second-order valence-electron chi connectivity index (χ2n) is 4.78. The number of likely N-dealkylation sites (tertiary alicyclic amines) is 1. The lowest BCUT2D eigenvalue weighted by Gasteiger charge is -2.31. The van der Waals surface area contributed by atoms with Crippen molar-refractivity contribution in [3.05, 3.63) is 23.2 Å². The first-order valence-corrected chi connectivity index (χ1v) is 6.84. The molecule has 0 aliphatic carbocycles. The molecule has 1 saturated heterocycles. The van der Waals surface area contributed by atoms with Gasteiger partial charge in [-0.3, -0.25) is 4.98 Å². The molecule has 0 saturated carbocycles. The molecule has 100 valence electrons. The maximum Gasteiger partial charge on any atom is 0.150 e. The fraction of sp³-hybridized carbons (Fsp3) is 0.692. The number of halogens is 1. The molecule has 1 aromatic rings. The first-order chi connectivity index (χ1) is 8.79. The normalized spacial score (nSPS) is 18.1. The molecule has 0 atom stereocenters. The van der Waals surface area contributed by atoms with Crippen LogP contribution in [0.25, 0.3) is 0 Å². The van der Waals surface area contributed by atoms with E-state index >= 15 is 0 Å². The minimum Gasteiger partial charge on any atom is -0.383 e. The average Bonchev–Trinajstić information content (AvgIpc) is 2.41.